The lowest BCUT2D eigenvalue weighted by molar-refractivity contribution is 0.0955. The molecule has 0 saturated heterocycles. The Balaban J connectivity index is 1.55. The molecule has 3 aromatic rings. The molecule has 0 heterocycles. The van der Waals surface area contributed by atoms with Gasteiger partial charge in [-0.25, -0.2) is 5.43 Å². The monoisotopic (exact) mass is 412 g/mol. The molecule has 0 fully saturated rings. The first-order valence-electron chi connectivity index (χ1n) is 8.59. The van der Waals surface area contributed by atoms with Crippen molar-refractivity contribution in [2.75, 3.05) is 0 Å². The van der Waals surface area contributed by atoms with Crippen LogP contribution in [0.15, 0.2) is 71.8 Å². The highest BCUT2D eigenvalue weighted by molar-refractivity contribution is 6.33. The average molecular weight is 413 g/mol. The maximum atomic E-state index is 12.2. The van der Waals surface area contributed by atoms with Crippen LogP contribution < -0.4 is 10.2 Å². The van der Waals surface area contributed by atoms with E-state index >= 15 is 0 Å². The Morgan fingerprint density at radius 2 is 1.79 bits per heavy atom. The number of carbonyl (C=O) groups is 1. The van der Waals surface area contributed by atoms with Gasteiger partial charge in [-0.3, -0.25) is 4.79 Å². The van der Waals surface area contributed by atoms with Gasteiger partial charge in [0.15, 0.2) is 0 Å². The zero-order chi connectivity index (χ0) is 19.9. The third-order valence-corrected chi connectivity index (χ3v) is 4.79. The van der Waals surface area contributed by atoms with Gasteiger partial charge in [-0.1, -0.05) is 53.5 Å². The third kappa shape index (κ3) is 5.35. The summed E-state index contributed by atoms with van der Waals surface area (Å²) in [6.07, 6.45) is 1.51. The Morgan fingerprint density at radius 3 is 2.50 bits per heavy atom. The van der Waals surface area contributed by atoms with Crippen LogP contribution in [0, 0.1) is 6.92 Å². The Bertz CT molecular complexity index is 1000. The van der Waals surface area contributed by atoms with Crippen LogP contribution in [0.5, 0.6) is 5.75 Å². The van der Waals surface area contributed by atoms with Crippen molar-refractivity contribution in [3.63, 3.8) is 0 Å². The fraction of sp³-hybridized carbons (Fsp3) is 0.0909. The van der Waals surface area contributed by atoms with Crippen molar-refractivity contribution in [3.8, 4) is 5.75 Å². The van der Waals surface area contributed by atoms with Gasteiger partial charge in [0.2, 0.25) is 0 Å². The summed E-state index contributed by atoms with van der Waals surface area (Å²) in [5, 5.41) is 5.23. The minimum Gasteiger partial charge on any atom is -0.489 e. The number of aryl methyl sites for hydroxylation is 1. The highest BCUT2D eigenvalue weighted by atomic mass is 35.5. The third-order valence-electron chi connectivity index (χ3n) is 4.03. The first-order valence-corrected chi connectivity index (χ1v) is 9.34. The molecule has 0 bridgehead atoms. The predicted octanol–water partition coefficient (Wildman–Crippen LogP) is 5.64. The molecular formula is C22H18Cl2N2O2. The van der Waals surface area contributed by atoms with E-state index in [2.05, 4.69) is 10.5 Å². The van der Waals surface area contributed by atoms with Crippen LogP contribution in [0.3, 0.4) is 0 Å². The maximum absolute atomic E-state index is 12.2. The molecule has 0 saturated carbocycles. The van der Waals surface area contributed by atoms with E-state index in [1.54, 1.807) is 18.2 Å². The number of hydrogen-bond acceptors (Lipinski definition) is 3. The van der Waals surface area contributed by atoms with E-state index in [1.165, 1.54) is 6.21 Å². The second-order valence-corrected chi connectivity index (χ2v) is 6.93. The molecule has 0 unspecified atom stereocenters. The lowest BCUT2D eigenvalue weighted by Gasteiger charge is -2.08. The number of hydrazone groups is 1. The smallest absolute Gasteiger partial charge is 0.271 e. The minimum absolute atomic E-state index is 0.302. The molecule has 3 rings (SSSR count). The number of nitrogens with one attached hydrogen (secondary N) is 1. The summed E-state index contributed by atoms with van der Waals surface area (Å²) in [4.78, 5) is 12.2. The number of carbonyl (C=O) groups excluding carboxylic acids is 1. The number of halogens is 2. The Kier molecular flexibility index (Phi) is 6.69. The van der Waals surface area contributed by atoms with E-state index in [9.17, 15) is 4.79 Å². The van der Waals surface area contributed by atoms with E-state index in [0.717, 1.165) is 22.4 Å². The van der Waals surface area contributed by atoms with Crippen molar-refractivity contribution in [1.29, 1.82) is 0 Å². The van der Waals surface area contributed by atoms with Gasteiger partial charge in [0.05, 0.1) is 6.21 Å². The molecule has 0 radical (unpaired) electrons. The first-order chi connectivity index (χ1) is 13.5. The van der Waals surface area contributed by atoms with E-state index in [0.29, 0.717) is 22.2 Å². The second-order valence-electron chi connectivity index (χ2n) is 6.12. The number of amides is 1. The van der Waals surface area contributed by atoms with Crippen molar-refractivity contribution in [3.05, 3.63) is 99.0 Å². The molecule has 28 heavy (non-hydrogen) atoms. The highest BCUT2D eigenvalue weighted by Crippen LogP contribution is 2.22. The van der Waals surface area contributed by atoms with Gasteiger partial charge in [-0.05, 0) is 54.4 Å². The molecule has 3 aromatic carbocycles. The predicted molar refractivity (Wildman–Crippen MR) is 113 cm³/mol. The fourth-order valence-corrected chi connectivity index (χ4v) is 2.73. The van der Waals surface area contributed by atoms with Crippen LogP contribution in [-0.2, 0) is 6.61 Å². The van der Waals surface area contributed by atoms with E-state index in [-0.39, 0.29) is 5.91 Å². The van der Waals surface area contributed by atoms with Crippen molar-refractivity contribution < 1.29 is 9.53 Å². The number of benzene rings is 3. The molecule has 1 amide bonds. The lowest BCUT2D eigenvalue weighted by atomic mass is 10.1. The van der Waals surface area contributed by atoms with Gasteiger partial charge < -0.3 is 4.74 Å². The van der Waals surface area contributed by atoms with Crippen LogP contribution in [0.4, 0.5) is 0 Å². The number of hydrogen-bond donors (Lipinski definition) is 1. The molecule has 0 aliphatic rings. The van der Waals surface area contributed by atoms with Crippen LogP contribution in [0.25, 0.3) is 0 Å². The van der Waals surface area contributed by atoms with Crippen LogP contribution >= 0.6 is 23.2 Å². The summed E-state index contributed by atoms with van der Waals surface area (Å²) < 4.78 is 5.76. The van der Waals surface area contributed by atoms with Gasteiger partial charge in [0.1, 0.15) is 12.4 Å². The quantitative estimate of drug-likeness (QED) is 0.420. The summed E-state index contributed by atoms with van der Waals surface area (Å²) in [6, 6.07) is 19.9. The van der Waals surface area contributed by atoms with E-state index < -0.39 is 0 Å². The van der Waals surface area contributed by atoms with Crippen LogP contribution in [0.2, 0.25) is 10.0 Å². The van der Waals surface area contributed by atoms with Gasteiger partial charge in [-0.2, -0.15) is 5.10 Å². The summed E-state index contributed by atoms with van der Waals surface area (Å²) in [5.74, 6) is 0.446. The maximum Gasteiger partial charge on any atom is 0.271 e. The largest absolute Gasteiger partial charge is 0.489 e. The van der Waals surface area contributed by atoms with Crippen molar-refractivity contribution in [2.24, 2.45) is 5.10 Å². The van der Waals surface area contributed by atoms with Crippen molar-refractivity contribution in [2.45, 2.75) is 13.5 Å². The molecule has 0 atom stereocenters. The molecule has 1 N–H and O–H groups in total. The molecule has 4 nitrogen and oxygen atoms in total. The first kappa shape index (κ1) is 19.9. The molecular weight excluding hydrogens is 395 g/mol. The van der Waals surface area contributed by atoms with Gasteiger partial charge in [-0.15, -0.1) is 0 Å². The summed E-state index contributed by atoms with van der Waals surface area (Å²) >= 11 is 12.1. The molecule has 0 spiro atoms. The lowest BCUT2D eigenvalue weighted by Crippen LogP contribution is -2.17. The van der Waals surface area contributed by atoms with Crippen molar-refractivity contribution >= 4 is 35.3 Å². The Morgan fingerprint density at radius 1 is 1.04 bits per heavy atom. The van der Waals surface area contributed by atoms with Gasteiger partial charge >= 0.3 is 0 Å². The summed E-state index contributed by atoms with van der Waals surface area (Å²) in [5.41, 5.74) is 5.63. The Hall–Kier alpha value is -2.82. The average Bonchev–Trinajstić information content (AvgIpc) is 2.70. The van der Waals surface area contributed by atoms with Crippen LogP contribution in [0.1, 0.15) is 27.0 Å². The molecule has 142 valence electrons. The van der Waals surface area contributed by atoms with E-state index in [4.69, 9.17) is 27.9 Å². The molecule has 0 aliphatic heterocycles. The summed E-state index contributed by atoms with van der Waals surface area (Å²) in [6.45, 7) is 2.32. The zero-order valence-electron chi connectivity index (χ0n) is 15.2. The molecule has 6 heteroatoms. The fourth-order valence-electron chi connectivity index (χ4n) is 2.43. The normalized spacial score (nSPS) is 10.8. The summed E-state index contributed by atoms with van der Waals surface area (Å²) in [7, 11) is 0. The number of nitrogens with zero attached hydrogens (tertiary/aromatic N) is 1. The standard InChI is InChI=1S/C22H18Cl2N2O2/c1-15-12-19(10-11-20(15)23)28-14-16-6-8-17(9-7-16)22(27)26-25-13-18-4-2-3-5-21(18)24/h2-13H,14H2,1H3,(H,26,27)/b25-13+. The van der Waals surface area contributed by atoms with Gasteiger partial charge in [0.25, 0.3) is 5.91 Å². The Labute approximate surface area is 173 Å². The van der Waals surface area contributed by atoms with Crippen LogP contribution in [-0.4, -0.2) is 12.1 Å². The number of ether oxygens (including phenoxy) is 1. The SMILES string of the molecule is Cc1cc(OCc2ccc(C(=O)N/N=C/c3ccccc3Cl)cc2)ccc1Cl. The molecule has 0 aliphatic carbocycles. The minimum atomic E-state index is -0.302. The number of rotatable bonds is 6. The zero-order valence-corrected chi connectivity index (χ0v) is 16.7. The highest BCUT2D eigenvalue weighted by Gasteiger charge is 2.05. The molecule has 0 aromatic heterocycles. The van der Waals surface area contributed by atoms with Crippen molar-refractivity contribution in [1.82, 2.24) is 5.43 Å². The topological polar surface area (TPSA) is 50.7 Å². The second kappa shape index (κ2) is 9.40. The van der Waals surface area contributed by atoms with Gasteiger partial charge in [0, 0.05) is 21.2 Å². The van der Waals surface area contributed by atoms with E-state index in [1.807, 2.05) is 55.5 Å².